The standard InChI is InChI=1S/C13H13Cl2F2N3/c1-19(7-9-2-3-10(14)6-11(9)15)8-12-18-4-5-20(12)13(16)17/h2-6,13H,7-8H2,1H3. The maximum atomic E-state index is 12.7. The molecule has 0 unspecified atom stereocenters. The molecular formula is C13H13Cl2F2N3. The molecule has 2 aromatic rings. The number of hydrogen-bond acceptors (Lipinski definition) is 2. The van der Waals surface area contributed by atoms with Crippen molar-refractivity contribution in [2.24, 2.45) is 0 Å². The predicted octanol–water partition coefficient (Wildman–Crippen LogP) is 4.22. The van der Waals surface area contributed by atoms with Gasteiger partial charge in [0.1, 0.15) is 5.82 Å². The Hall–Kier alpha value is -1.17. The summed E-state index contributed by atoms with van der Waals surface area (Å²) >= 11 is 11.9. The molecule has 0 aliphatic heterocycles. The SMILES string of the molecule is CN(Cc1ccc(Cl)cc1Cl)Cc1nccn1C(F)F. The van der Waals surface area contributed by atoms with Crippen LogP contribution in [0.4, 0.5) is 8.78 Å². The van der Waals surface area contributed by atoms with E-state index in [0.717, 1.165) is 10.1 Å². The first-order valence-corrected chi connectivity index (χ1v) is 6.65. The van der Waals surface area contributed by atoms with Gasteiger partial charge in [0.15, 0.2) is 0 Å². The normalized spacial score (nSPS) is 11.6. The smallest absolute Gasteiger partial charge is 0.295 e. The molecule has 0 saturated carbocycles. The molecule has 0 amide bonds. The summed E-state index contributed by atoms with van der Waals surface area (Å²) in [6.07, 6.45) is 2.63. The fourth-order valence-corrected chi connectivity index (χ4v) is 2.35. The van der Waals surface area contributed by atoms with Crippen LogP contribution in [0.15, 0.2) is 30.6 Å². The van der Waals surface area contributed by atoms with Crippen molar-refractivity contribution >= 4 is 23.2 Å². The summed E-state index contributed by atoms with van der Waals surface area (Å²) in [5.41, 5.74) is 0.883. The summed E-state index contributed by atoms with van der Waals surface area (Å²) in [4.78, 5) is 5.80. The van der Waals surface area contributed by atoms with E-state index in [4.69, 9.17) is 23.2 Å². The van der Waals surface area contributed by atoms with Gasteiger partial charge in [-0.1, -0.05) is 29.3 Å². The highest BCUT2D eigenvalue weighted by Gasteiger charge is 2.13. The van der Waals surface area contributed by atoms with E-state index in [1.54, 1.807) is 12.1 Å². The van der Waals surface area contributed by atoms with Crippen LogP contribution in [0.2, 0.25) is 10.0 Å². The lowest BCUT2D eigenvalue weighted by molar-refractivity contribution is 0.0644. The number of hydrogen-bond donors (Lipinski definition) is 0. The van der Waals surface area contributed by atoms with Gasteiger partial charge in [-0.15, -0.1) is 0 Å². The van der Waals surface area contributed by atoms with Crippen molar-refractivity contribution < 1.29 is 8.78 Å². The molecule has 2 rings (SSSR count). The topological polar surface area (TPSA) is 21.1 Å². The first-order valence-electron chi connectivity index (χ1n) is 5.89. The van der Waals surface area contributed by atoms with E-state index in [-0.39, 0.29) is 0 Å². The number of rotatable bonds is 5. The van der Waals surface area contributed by atoms with Crippen LogP contribution in [0.5, 0.6) is 0 Å². The van der Waals surface area contributed by atoms with Crippen molar-refractivity contribution in [3.8, 4) is 0 Å². The Morgan fingerprint density at radius 1 is 1.30 bits per heavy atom. The second-order valence-electron chi connectivity index (χ2n) is 4.44. The molecule has 1 aromatic carbocycles. The maximum Gasteiger partial charge on any atom is 0.319 e. The van der Waals surface area contributed by atoms with Gasteiger partial charge in [0.2, 0.25) is 0 Å². The molecule has 3 nitrogen and oxygen atoms in total. The third kappa shape index (κ3) is 3.69. The second-order valence-corrected chi connectivity index (χ2v) is 5.28. The first-order chi connectivity index (χ1) is 9.47. The van der Waals surface area contributed by atoms with Gasteiger partial charge in [0.25, 0.3) is 0 Å². The number of aromatic nitrogens is 2. The summed E-state index contributed by atoms with van der Waals surface area (Å²) < 4.78 is 26.3. The van der Waals surface area contributed by atoms with Crippen molar-refractivity contribution in [3.05, 3.63) is 52.0 Å². The highest BCUT2D eigenvalue weighted by molar-refractivity contribution is 6.35. The highest BCUT2D eigenvalue weighted by atomic mass is 35.5. The zero-order chi connectivity index (χ0) is 14.7. The lowest BCUT2D eigenvalue weighted by atomic mass is 10.2. The van der Waals surface area contributed by atoms with Gasteiger partial charge in [0, 0.05) is 29.0 Å². The van der Waals surface area contributed by atoms with Crippen LogP contribution < -0.4 is 0 Å². The largest absolute Gasteiger partial charge is 0.319 e. The molecule has 0 aliphatic rings. The molecule has 0 bridgehead atoms. The third-order valence-electron chi connectivity index (χ3n) is 2.83. The average molecular weight is 320 g/mol. The maximum absolute atomic E-state index is 12.7. The summed E-state index contributed by atoms with van der Waals surface area (Å²) in [6.45, 7) is -1.76. The van der Waals surface area contributed by atoms with E-state index < -0.39 is 6.55 Å². The Morgan fingerprint density at radius 2 is 2.05 bits per heavy atom. The molecule has 0 atom stereocenters. The highest BCUT2D eigenvalue weighted by Crippen LogP contribution is 2.22. The molecule has 0 aliphatic carbocycles. The van der Waals surface area contributed by atoms with Gasteiger partial charge in [0.05, 0.1) is 6.54 Å². The molecule has 20 heavy (non-hydrogen) atoms. The lowest BCUT2D eigenvalue weighted by Gasteiger charge is -2.18. The zero-order valence-corrected chi connectivity index (χ0v) is 12.2. The molecular weight excluding hydrogens is 307 g/mol. The van der Waals surface area contributed by atoms with Crippen LogP contribution in [0.25, 0.3) is 0 Å². The molecule has 7 heteroatoms. The summed E-state index contributed by atoms with van der Waals surface area (Å²) in [5, 5.41) is 1.12. The van der Waals surface area contributed by atoms with E-state index in [9.17, 15) is 8.78 Å². The molecule has 0 radical (unpaired) electrons. The second kappa shape index (κ2) is 6.52. The van der Waals surface area contributed by atoms with Gasteiger partial charge in [-0.3, -0.25) is 9.47 Å². The fourth-order valence-electron chi connectivity index (χ4n) is 1.88. The van der Waals surface area contributed by atoms with Crippen molar-refractivity contribution in [2.45, 2.75) is 19.6 Å². The summed E-state index contributed by atoms with van der Waals surface area (Å²) in [7, 11) is 1.81. The van der Waals surface area contributed by atoms with Gasteiger partial charge >= 0.3 is 6.55 Å². The Kier molecular flexibility index (Phi) is 4.96. The van der Waals surface area contributed by atoms with Crippen molar-refractivity contribution in [3.63, 3.8) is 0 Å². The summed E-state index contributed by atoms with van der Waals surface area (Å²) in [5.74, 6) is 0.313. The van der Waals surface area contributed by atoms with Crippen molar-refractivity contribution in [2.75, 3.05) is 7.05 Å². The van der Waals surface area contributed by atoms with E-state index in [1.807, 2.05) is 18.0 Å². The van der Waals surface area contributed by atoms with Crippen molar-refractivity contribution in [1.82, 2.24) is 14.5 Å². The van der Waals surface area contributed by atoms with E-state index in [0.29, 0.717) is 29.0 Å². The summed E-state index contributed by atoms with van der Waals surface area (Å²) in [6, 6.07) is 5.23. The first kappa shape index (κ1) is 15.2. The van der Waals surface area contributed by atoms with Crippen LogP contribution in [0.3, 0.4) is 0 Å². The molecule has 0 N–H and O–H groups in total. The van der Waals surface area contributed by atoms with Crippen LogP contribution >= 0.6 is 23.2 Å². The molecule has 1 aromatic heterocycles. The van der Waals surface area contributed by atoms with E-state index >= 15 is 0 Å². The number of halogens is 4. The Labute approximate surface area is 125 Å². The minimum absolute atomic E-state index is 0.302. The predicted molar refractivity (Wildman–Crippen MR) is 75.1 cm³/mol. The van der Waals surface area contributed by atoms with Gasteiger partial charge in [-0.05, 0) is 24.7 Å². The van der Waals surface area contributed by atoms with Gasteiger partial charge in [-0.2, -0.15) is 8.78 Å². The average Bonchev–Trinajstić information content (AvgIpc) is 2.81. The van der Waals surface area contributed by atoms with Crippen molar-refractivity contribution in [1.29, 1.82) is 0 Å². The number of benzene rings is 1. The lowest BCUT2D eigenvalue weighted by Crippen LogP contribution is -2.20. The van der Waals surface area contributed by atoms with Crippen LogP contribution in [0.1, 0.15) is 17.9 Å². The Morgan fingerprint density at radius 3 is 2.70 bits per heavy atom. The molecule has 0 fully saturated rings. The number of alkyl halides is 2. The van der Waals surface area contributed by atoms with Gasteiger partial charge in [-0.25, -0.2) is 4.98 Å². The minimum atomic E-state index is -2.58. The molecule has 1 heterocycles. The van der Waals surface area contributed by atoms with Gasteiger partial charge < -0.3 is 0 Å². The van der Waals surface area contributed by atoms with E-state index in [2.05, 4.69) is 4.98 Å². The van der Waals surface area contributed by atoms with E-state index in [1.165, 1.54) is 12.4 Å². The Bertz CT molecular complexity index is 587. The van der Waals surface area contributed by atoms with Crippen LogP contribution in [-0.4, -0.2) is 21.5 Å². The van der Waals surface area contributed by atoms with Crippen LogP contribution in [-0.2, 0) is 13.1 Å². The Balaban J connectivity index is 2.05. The number of nitrogens with zero attached hydrogens (tertiary/aromatic N) is 3. The monoisotopic (exact) mass is 319 g/mol. The quantitative estimate of drug-likeness (QED) is 0.822. The molecule has 0 saturated heterocycles. The minimum Gasteiger partial charge on any atom is -0.295 e. The fraction of sp³-hybridized carbons (Fsp3) is 0.308. The third-order valence-corrected chi connectivity index (χ3v) is 3.41. The van der Waals surface area contributed by atoms with Crippen LogP contribution in [0, 0.1) is 0 Å². The molecule has 108 valence electrons. The zero-order valence-electron chi connectivity index (χ0n) is 10.7. The molecule has 0 spiro atoms. The number of imidazole rings is 1.